The van der Waals surface area contributed by atoms with Gasteiger partial charge in [-0.3, -0.25) is 4.79 Å². The van der Waals surface area contributed by atoms with Crippen molar-refractivity contribution in [3.8, 4) is 0 Å². The number of para-hydroxylation sites is 1. The molecule has 3 heterocycles. The van der Waals surface area contributed by atoms with Gasteiger partial charge in [-0.2, -0.15) is 4.31 Å². The molecule has 2 aromatic rings. The molecule has 1 aromatic carbocycles. The molecule has 166 valence electrons. The molecular weight excluding hydrogens is 418 g/mol. The van der Waals surface area contributed by atoms with Crippen molar-refractivity contribution in [3.63, 3.8) is 0 Å². The van der Waals surface area contributed by atoms with E-state index in [1.54, 1.807) is 18.9 Å². The zero-order valence-electron chi connectivity index (χ0n) is 17.8. The molecule has 0 bridgehead atoms. The monoisotopic (exact) mass is 445 g/mol. The van der Waals surface area contributed by atoms with E-state index in [1.807, 2.05) is 24.3 Å². The van der Waals surface area contributed by atoms with Crippen LogP contribution in [0.3, 0.4) is 0 Å². The van der Waals surface area contributed by atoms with Gasteiger partial charge in [-0.15, -0.1) is 0 Å². The maximum atomic E-state index is 13.5. The average Bonchev–Trinajstić information content (AvgIpc) is 3.41. The zero-order chi connectivity index (χ0) is 22.2. The minimum Gasteiger partial charge on any atom is -0.461 e. The number of aromatic nitrogens is 1. The number of nitrogens with zero attached hydrogens (tertiary/aromatic N) is 3. The van der Waals surface area contributed by atoms with Crippen molar-refractivity contribution in [2.75, 3.05) is 24.6 Å². The van der Waals surface area contributed by atoms with Crippen LogP contribution >= 0.6 is 0 Å². The fraction of sp³-hybridized carbons (Fsp3) is 0.455. The maximum Gasteiger partial charge on any atom is 0.354 e. The van der Waals surface area contributed by atoms with Crippen LogP contribution in [0, 0.1) is 0 Å². The third-order valence-electron chi connectivity index (χ3n) is 5.94. The molecule has 0 aliphatic carbocycles. The summed E-state index contributed by atoms with van der Waals surface area (Å²) in [6.45, 7) is 2.75. The summed E-state index contributed by atoms with van der Waals surface area (Å²) in [6.07, 6.45) is 4.26. The third kappa shape index (κ3) is 3.87. The van der Waals surface area contributed by atoms with E-state index in [0.29, 0.717) is 19.4 Å². The van der Waals surface area contributed by atoms with Gasteiger partial charge in [0.2, 0.25) is 15.9 Å². The molecule has 1 amide bonds. The number of ether oxygens (including phenoxy) is 1. The quantitative estimate of drug-likeness (QED) is 0.659. The summed E-state index contributed by atoms with van der Waals surface area (Å²) in [7, 11) is -2.34. The third-order valence-corrected chi connectivity index (χ3v) is 7.81. The van der Waals surface area contributed by atoms with Crippen LogP contribution in [-0.2, 0) is 33.0 Å². The average molecular weight is 446 g/mol. The Balaban J connectivity index is 1.62. The Kier molecular flexibility index (Phi) is 5.90. The standard InChI is InChI=1S/C22H27N3O5S/c1-3-30-22(27)20-14-17(15-23(20)2)31(28,29)25-13-7-11-19(25)21(26)24-12-6-9-16-8-4-5-10-18(16)24/h4-5,8,10,14-15,19H,3,6-7,9,11-13H2,1-2H3. The van der Waals surface area contributed by atoms with E-state index in [4.69, 9.17) is 4.74 Å². The number of sulfonamides is 1. The van der Waals surface area contributed by atoms with Crippen molar-refractivity contribution in [1.82, 2.24) is 8.87 Å². The van der Waals surface area contributed by atoms with Gasteiger partial charge in [-0.25, -0.2) is 13.2 Å². The summed E-state index contributed by atoms with van der Waals surface area (Å²) in [6, 6.07) is 8.36. The number of esters is 1. The Bertz CT molecular complexity index is 1110. The first kappa shape index (κ1) is 21.6. The van der Waals surface area contributed by atoms with Crippen LogP contribution in [0.25, 0.3) is 0 Å². The Labute approximate surface area is 182 Å². The number of hydrogen-bond acceptors (Lipinski definition) is 5. The molecule has 1 fully saturated rings. The number of carbonyl (C=O) groups is 2. The first-order valence-corrected chi connectivity index (χ1v) is 12.0. The minimum absolute atomic E-state index is 0.00297. The van der Waals surface area contributed by atoms with Crippen LogP contribution in [0.4, 0.5) is 5.69 Å². The highest BCUT2D eigenvalue weighted by molar-refractivity contribution is 7.89. The number of anilines is 1. The minimum atomic E-state index is -3.94. The predicted molar refractivity (Wildman–Crippen MR) is 115 cm³/mol. The van der Waals surface area contributed by atoms with Crippen LogP contribution in [-0.4, -0.2) is 54.9 Å². The fourth-order valence-electron chi connectivity index (χ4n) is 4.44. The molecule has 1 atom stereocenters. The molecule has 9 heteroatoms. The summed E-state index contributed by atoms with van der Waals surface area (Å²) in [4.78, 5) is 27.3. The number of aryl methyl sites for hydroxylation is 2. The number of benzene rings is 1. The number of rotatable bonds is 5. The molecule has 1 unspecified atom stereocenters. The second-order valence-electron chi connectivity index (χ2n) is 7.89. The van der Waals surface area contributed by atoms with E-state index in [9.17, 15) is 18.0 Å². The molecule has 2 aliphatic heterocycles. The van der Waals surface area contributed by atoms with Gasteiger partial charge >= 0.3 is 5.97 Å². The highest BCUT2D eigenvalue weighted by atomic mass is 32.2. The van der Waals surface area contributed by atoms with E-state index in [1.165, 1.54) is 21.1 Å². The van der Waals surface area contributed by atoms with Crippen molar-refractivity contribution in [1.29, 1.82) is 0 Å². The largest absolute Gasteiger partial charge is 0.461 e. The molecule has 31 heavy (non-hydrogen) atoms. The lowest BCUT2D eigenvalue weighted by Crippen LogP contribution is -2.49. The fourth-order valence-corrected chi connectivity index (χ4v) is 6.16. The van der Waals surface area contributed by atoms with Gasteiger partial charge in [0, 0.05) is 32.0 Å². The van der Waals surface area contributed by atoms with E-state index in [2.05, 4.69) is 0 Å². The number of fused-ring (bicyclic) bond motifs is 1. The molecule has 0 radical (unpaired) electrons. The predicted octanol–water partition coefficient (Wildman–Crippen LogP) is 2.33. The highest BCUT2D eigenvalue weighted by Gasteiger charge is 2.42. The van der Waals surface area contributed by atoms with Gasteiger partial charge in [0.1, 0.15) is 16.6 Å². The summed E-state index contributed by atoms with van der Waals surface area (Å²) in [5.74, 6) is -0.764. The molecule has 1 aromatic heterocycles. The molecule has 1 saturated heterocycles. The van der Waals surface area contributed by atoms with Crippen molar-refractivity contribution in [2.45, 2.75) is 43.5 Å². The van der Waals surface area contributed by atoms with Gasteiger partial charge in [0.15, 0.2) is 0 Å². The first-order valence-electron chi connectivity index (χ1n) is 10.6. The first-order chi connectivity index (χ1) is 14.8. The Morgan fingerprint density at radius 1 is 1.16 bits per heavy atom. The van der Waals surface area contributed by atoms with Crippen LogP contribution in [0.5, 0.6) is 0 Å². The molecule has 8 nitrogen and oxygen atoms in total. The normalized spacial score (nSPS) is 19.3. The second-order valence-corrected chi connectivity index (χ2v) is 9.78. The topological polar surface area (TPSA) is 88.9 Å². The van der Waals surface area contributed by atoms with Gasteiger partial charge < -0.3 is 14.2 Å². The summed E-state index contributed by atoms with van der Waals surface area (Å²) in [5.41, 5.74) is 2.14. The number of hydrogen-bond donors (Lipinski definition) is 0. The van der Waals surface area contributed by atoms with E-state index in [0.717, 1.165) is 24.1 Å². The summed E-state index contributed by atoms with van der Waals surface area (Å²) >= 11 is 0. The van der Waals surface area contributed by atoms with Crippen LogP contribution in [0.15, 0.2) is 41.4 Å². The van der Waals surface area contributed by atoms with Crippen molar-refractivity contribution in [3.05, 3.63) is 47.8 Å². The molecular formula is C22H27N3O5S. The second kappa shape index (κ2) is 8.47. The lowest BCUT2D eigenvalue weighted by molar-refractivity contribution is -0.121. The van der Waals surface area contributed by atoms with Crippen molar-refractivity contribution < 1.29 is 22.7 Å². The summed E-state index contributed by atoms with van der Waals surface area (Å²) < 4.78 is 34.6. The highest BCUT2D eigenvalue weighted by Crippen LogP contribution is 2.32. The smallest absolute Gasteiger partial charge is 0.354 e. The zero-order valence-corrected chi connectivity index (χ0v) is 18.6. The summed E-state index contributed by atoms with van der Waals surface area (Å²) in [5, 5.41) is 0. The maximum absolute atomic E-state index is 13.5. The van der Waals surface area contributed by atoms with Crippen LogP contribution < -0.4 is 4.90 Å². The van der Waals surface area contributed by atoms with E-state index < -0.39 is 22.0 Å². The SMILES string of the molecule is CCOC(=O)c1cc(S(=O)(=O)N2CCCC2C(=O)N2CCCc3ccccc32)cn1C. The lowest BCUT2D eigenvalue weighted by Gasteiger charge is -2.33. The van der Waals surface area contributed by atoms with Gasteiger partial charge in [-0.1, -0.05) is 18.2 Å². The number of amides is 1. The molecule has 0 saturated carbocycles. The van der Waals surface area contributed by atoms with E-state index in [-0.39, 0.29) is 29.6 Å². The molecule has 0 N–H and O–H groups in total. The van der Waals surface area contributed by atoms with Crippen LogP contribution in [0.2, 0.25) is 0 Å². The Morgan fingerprint density at radius 3 is 2.71 bits per heavy atom. The molecule has 4 rings (SSSR count). The van der Waals surface area contributed by atoms with Gasteiger partial charge in [-0.05, 0) is 50.3 Å². The van der Waals surface area contributed by atoms with Crippen LogP contribution in [0.1, 0.15) is 42.2 Å². The lowest BCUT2D eigenvalue weighted by atomic mass is 10.0. The number of carbonyl (C=O) groups excluding carboxylic acids is 2. The van der Waals surface area contributed by atoms with Gasteiger partial charge in [0.25, 0.3) is 0 Å². The van der Waals surface area contributed by atoms with E-state index >= 15 is 0 Å². The Morgan fingerprint density at radius 2 is 1.94 bits per heavy atom. The Hall–Kier alpha value is -2.65. The van der Waals surface area contributed by atoms with Crippen molar-refractivity contribution >= 4 is 27.6 Å². The van der Waals surface area contributed by atoms with Crippen molar-refractivity contribution in [2.24, 2.45) is 7.05 Å². The molecule has 2 aliphatic rings. The van der Waals surface area contributed by atoms with Gasteiger partial charge in [0.05, 0.1) is 6.61 Å². The molecule has 0 spiro atoms.